The van der Waals surface area contributed by atoms with Crippen LogP contribution in [0.1, 0.15) is 21.7 Å². The van der Waals surface area contributed by atoms with Crippen LogP contribution in [-0.2, 0) is 5.75 Å². The number of aromatic carboxylic acids is 1. The monoisotopic (exact) mass is 378 g/mol. The maximum absolute atomic E-state index is 11.2. The Hall–Kier alpha value is -3.64. The van der Waals surface area contributed by atoms with Crippen molar-refractivity contribution in [3.63, 3.8) is 0 Å². The molecule has 0 saturated carbocycles. The topological polar surface area (TPSA) is 128 Å². The summed E-state index contributed by atoms with van der Waals surface area (Å²) in [5.41, 5.74) is 2.41. The van der Waals surface area contributed by atoms with Gasteiger partial charge in [-0.3, -0.25) is 0 Å². The van der Waals surface area contributed by atoms with Gasteiger partial charge in [0.2, 0.25) is 5.82 Å². The van der Waals surface area contributed by atoms with Crippen molar-refractivity contribution in [1.29, 1.82) is 5.26 Å². The van der Waals surface area contributed by atoms with Crippen molar-refractivity contribution in [2.24, 2.45) is 0 Å². The van der Waals surface area contributed by atoms with Gasteiger partial charge in [0, 0.05) is 22.5 Å². The Bertz CT molecular complexity index is 993. The van der Waals surface area contributed by atoms with Crippen LogP contribution in [0.5, 0.6) is 0 Å². The van der Waals surface area contributed by atoms with Gasteiger partial charge in [0.05, 0.1) is 5.56 Å². The van der Waals surface area contributed by atoms with Crippen LogP contribution in [0.15, 0.2) is 59.6 Å². The number of carboxylic acids is 1. The first kappa shape index (κ1) is 18.2. The Morgan fingerprint density at radius 2 is 2.04 bits per heavy atom. The maximum Gasteiger partial charge on any atom is 0.336 e. The van der Waals surface area contributed by atoms with E-state index in [-0.39, 0.29) is 11.4 Å². The molecule has 0 unspecified atom stereocenters. The summed E-state index contributed by atoms with van der Waals surface area (Å²) in [6.45, 7) is 0. The number of rotatable bonds is 7. The SMILES string of the molecule is N#CC(=CNc1ccc(CSc2ccccc2C(=O)O)cc1)c1nn[nH]n1. The van der Waals surface area contributed by atoms with Crippen molar-refractivity contribution in [2.45, 2.75) is 10.6 Å². The number of nitrogens with zero attached hydrogens (tertiary/aromatic N) is 4. The van der Waals surface area contributed by atoms with Gasteiger partial charge in [0.1, 0.15) is 11.6 Å². The average molecular weight is 378 g/mol. The van der Waals surface area contributed by atoms with Crippen LogP contribution in [0, 0.1) is 11.3 Å². The molecule has 8 nitrogen and oxygen atoms in total. The molecule has 0 amide bonds. The molecule has 0 aliphatic heterocycles. The van der Waals surface area contributed by atoms with Crippen molar-refractivity contribution in [2.75, 3.05) is 5.32 Å². The zero-order valence-corrected chi connectivity index (χ0v) is 14.8. The van der Waals surface area contributed by atoms with E-state index in [9.17, 15) is 9.90 Å². The van der Waals surface area contributed by atoms with E-state index in [0.29, 0.717) is 11.3 Å². The number of H-pyrrole nitrogens is 1. The summed E-state index contributed by atoms with van der Waals surface area (Å²) < 4.78 is 0. The standard InChI is InChI=1S/C18H14N6O2S/c19-9-13(17-21-23-24-22-17)10-20-14-7-5-12(6-8-14)11-27-16-4-2-1-3-15(16)18(25)26/h1-8,10,20H,11H2,(H,25,26)(H,21,22,23,24). The number of carboxylic acid groups (broad SMARTS) is 1. The minimum Gasteiger partial charge on any atom is -0.478 e. The molecule has 0 fully saturated rings. The number of hydrogen-bond acceptors (Lipinski definition) is 7. The van der Waals surface area contributed by atoms with E-state index in [4.69, 9.17) is 5.26 Å². The molecule has 0 atom stereocenters. The minimum atomic E-state index is -0.931. The minimum absolute atomic E-state index is 0.218. The van der Waals surface area contributed by atoms with Gasteiger partial charge in [-0.15, -0.1) is 22.0 Å². The lowest BCUT2D eigenvalue weighted by Crippen LogP contribution is -1.98. The maximum atomic E-state index is 11.2. The molecule has 0 aliphatic carbocycles. The number of nitriles is 1. The number of anilines is 1. The van der Waals surface area contributed by atoms with E-state index in [2.05, 4.69) is 25.9 Å². The van der Waals surface area contributed by atoms with E-state index < -0.39 is 5.97 Å². The lowest BCUT2D eigenvalue weighted by molar-refractivity contribution is 0.0693. The van der Waals surface area contributed by atoms with Gasteiger partial charge in [-0.05, 0) is 35.0 Å². The second kappa shape index (κ2) is 8.64. The second-order valence-corrected chi connectivity index (χ2v) is 6.35. The number of aromatic amines is 1. The number of carbonyl (C=O) groups is 1. The highest BCUT2D eigenvalue weighted by molar-refractivity contribution is 7.98. The van der Waals surface area contributed by atoms with Crippen molar-refractivity contribution in [3.05, 3.63) is 71.7 Å². The van der Waals surface area contributed by atoms with Crippen LogP contribution < -0.4 is 5.32 Å². The van der Waals surface area contributed by atoms with Gasteiger partial charge in [0.15, 0.2) is 0 Å². The molecule has 1 heterocycles. The summed E-state index contributed by atoms with van der Waals surface area (Å²) in [7, 11) is 0. The van der Waals surface area contributed by atoms with Gasteiger partial charge in [0.25, 0.3) is 0 Å². The third-order valence-corrected chi connectivity index (χ3v) is 4.70. The van der Waals surface area contributed by atoms with Crippen LogP contribution in [0.25, 0.3) is 5.57 Å². The van der Waals surface area contributed by atoms with Crippen molar-refractivity contribution >= 4 is 29.0 Å². The van der Waals surface area contributed by atoms with Crippen LogP contribution in [0.2, 0.25) is 0 Å². The third-order valence-electron chi connectivity index (χ3n) is 3.56. The quantitative estimate of drug-likeness (QED) is 0.422. The molecule has 9 heteroatoms. The zero-order valence-electron chi connectivity index (χ0n) is 14.0. The van der Waals surface area contributed by atoms with Gasteiger partial charge in [-0.25, -0.2) is 4.79 Å². The van der Waals surface area contributed by atoms with E-state index in [1.807, 2.05) is 36.4 Å². The van der Waals surface area contributed by atoms with E-state index >= 15 is 0 Å². The van der Waals surface area contributed by atoms with Crippen LogP contribution in [0.4, 0.5) is 5.69 Å². The first-order valence-corrected chi connectivity index (χ1v) is 8.80. The lowest BCUT2D eigenvalue weighted by Gasteiger charge is -2.07. The first-order valence-electron chi connectivity index (χ1n) is 7.82. The Morgan fingerprint density at radius 3 is 2.70 bits per heavy atom. The van der Waals surface area contributed by atoms with E-state index in [1.165, 1.54) is 18.0 Å². The van der Waals surface area contributed by atoms with E-state index in [0.717, 1.165) is 16.1 Å². The number of nitrogens with one attached hydrogen (secondary N) is 2. The molecule has 3 rings (SSSR count). The summed E-state index contributed by atoms with van der Waals surface area (Å²) in [6.07, 6.45) is 1.51. The molecule has 0 radical (unpaired) electrons. The van der Waals surface area contributed by atoms with Gasteiger partial charge in [-0.2, -0.15) is 10.5 Å². The molecule has 3 N–H and O–H groups in total. The predicted molar refractivity (Wildman–Crippen MR) is 101 cm³/mol. The Balaban J connectivity index is 1.63. The number of aromatic nitrogens is 4. The van der Waals surface area contributed by atoms with Crippen LogP contribution >= 0.6 is 11.8 Å². The fourth-order valence-corrected chi connectivity index (χ4v) is 3.21. The lowest BCUT2D eigenvalue weighted by atomic mass is 10.2. The second-order valence-electron chi connectivity index (χ2n) is 5.34. The molecule has 134 valence electrons. The fraction of sp³-hybridized carbons (Fsp3) is 0.0556. The normalized spacial score (nSPS) is 11.0. The van der Waals surface area contributed by atoms with Gasteiger partial charge >= 0.3 is 5.97 Å². The molecular weight excluding hydrogens is 364 g/mol. The molecule has 2 aromatic carbocycles. The molecular formula is C18H14N6O2S. The largest absolute Gasteiger partial charge is 0.478 e. The summed E-state index contributed by atoms with van der Waals surface area (Å²) in [6, 6.07) is 16.6. The average Bonchev–Trinajstić information content (AvgIpc) is 3.22. The number of thioether (sulfide) groups is 1. The Kier molecular flexibility index (Phi) is 5.81. The number of allylic oxidation sites excluding steroid dienone is 1. The van der Waals surface area contributed by atoms with Crippen LogP contribution in [0.3, 0.4) is 0 Å². The fourth-order valence-electron chi connectivity index (χ4n) is 2.21. The molecule has 3 aromatic rings. The number of benzene rings is 2. The molecule has 0 bridgehead atoms. The number of hydrogen-bond donors (Lipinski definition) is 3. The van der Waals surface area contributed by atoms with Gasteiger partial charge < -0.3 is 10.4 Å². The Morgan fingerprint density at radius 1 is 1.26 bits per heavy atom. The molecule has 27 heavy (non-hydrogen) atoms. The molecule has 1 aromatic heterocycles. The summed E-state index contributed by atoms with van der Waals surface area (Å²) in [5.74, 6) is -0.0679. The summed E-state index contributed by atoms with van der Waals surface area (Å²) in [4.78, 5) is 12.0. The van der Waals surface area contributed by atoms with Crippen LogP contribution in [-0.4, -0.2) is 31.7 Å². The van der Waals surface area contributed by atoms with Crippen molar-refractivity contribution < 1.29 is 9.90 Å². The highest BCUT2D eigenvalue weighted by Gasteiger charge is 2.09. The first-order chi connectivity index (χ1) is 13.2. The molecule has 0 saturated heterocycles. The smallest absolute Gasteiger partial charge is 0.336 e. The summed E-state index contributed by atoms with van der Waals surface area (Å²) in [5, 5.41) is 34.6. The number of tetrazole rings is 1. The Labute approximate surface area is 158 Å². The van der Waals surface area contributed by atoms with Crippen molar-refractivity contribution in [3.8, 4) is 6.07 Å². The van der Waals surface area contributed by atoms with Crippen molar-refractivity contribution in [1.82, 2.24) is 20.6 Å². The highest BCUT2D eigenvalue weighted by atomic mass is 32.2. The third kappa shape index (κ3) is 4.71. The van der Waals surface area contributed by atoms with E-state index in [1.54, 1.807) is 18.2 Å². The molecule has 0 spiro atoms. The highest BCUT2D eigenvalue weighted by Crippen LogP contribution is 2.26. The zero-order chi connectivity index (χ0) is 19.1. The summed E-state index contributed by atoms with van der Waals surface area (Å²) >= 11 is 1.47. The predicted octanol–water partition coefficient (Wildman–Crippen LogP) is 3.17. The van der Waals surface area contributed by atoms with Gasteiger partial charge in [-0.1, -0.05) is 24.3 Å². The molecule has 0 aliphatic rings.